The molecule has 19 heavy (non-hydrogen) atoms. The van der Waals surface area contributed by atoms with Crippen LogP contribution in [0.4, 0.5) is 20.2 Å². The summed E-state index contributed by atoms with van der Waals surface area (Å²) in [5, 5.41) is 6.31. The number of rotatable bonds is 2. The molecule has 2 aromatic rings. The third-order valence-corrected chi connectivity index (χ3v) is 2.56. The van der Waals surface area contributed by atoms with Crippen LogP contribution in [0.5, 0.6) is 0 Å². The van der Waals surface area contributed by atoms with Gasteiger partial charge >= 0.3 is 0 Å². The van der Waals surface area contributed by atoms with Crippen molar-refractivity contribution < 1.29 is 13.6 Å². The number of halogens is 2. The first kappa shape index (κ1) is 13.0. The summed E-state index contributed by atoms with van der Waals surface area (Å²) in [6.07, 6.45) is 0. The Hall–Kier alpha value is -2.44. The summed E-state index contributed by atoms with van der Waals surface area (Å²) in [7, 11) is 1.59. The van der Waals surface area contributed by atoms with Crippen molar-refractivity contribution >= 4 is 17.3 Å². The highest BCUT2D eigenvalue weighted by Crippen LogP contribution is 2.24. The van der Waals surface area contributed by atoms with Crippen LogP contribution in [0.2, 0.25) is 0 Å². The molecule has 0 saturated heterocycles. The number of nitrogens with zero attached hydrogens (tertiary/aromatic N) is 2. The van der Waals surface area contributed by atoms with Crippen LogP contribution in [0.1, 0.15) is 16.2 Å². The maximum atomic E-state index is 13.5. The smallest absolute Gasteiger partial charge is 0.274 e. The summed E-state index contributed by atoms with van der Waals surface area (Å²) in [4.78, 5) is 11.9. The van der Waals surface area contributed by atoms with E-state index in [2.05, 4.69) is 10.4 Å². The third kappa shape index (κ3) is 2.54. The van der Waals surface area contributed by atoms with Gasteiger partial charge in [0, 0.05) is 13.1 Å². The van der Waals surface area contributed by atoms with Crippen LogP contribution in [-0.4, -0.2) is 15.7 Å². The maximum Gasteiger partial charge on any atom is 0.274 e. The van der Waals surface area contributed by atoms with E-state index in [-0.39, 0.29) is 17.1 Å². The topological polar surface area (TPSA) is 72.9 Å². The Morgan fingerprint density at radius 2 is 2.05 bits per heavy atom. The summed E-state index contributed by atoms with van der Waals surface area (Å²) < 4.78 is 27.8. The largest absolute Gasteiger partial charge is 0.397 e. The molecule has 1 aromatic heterocycles. The Kier molecular flexibility index (Phi) is 3.20. The van der Waals surface area contributed by atoms with Crippen molar-refractivity contribution in [3.05, 3.63) is 41.2 Å². The molecule has 0 aliphatic heterocycles. The molecule has 0 unspecified atom stereocenters. The molecule has 7 heteroatoms. The van der Waals surface area contributed by atoms with Gasteiger partial charge in [-0.15, -0.1) is 0 Å². The average Bonchev–Trinajstić information content (AvgIpc) is 2.62. The van der Waals surface area contributed by atoms with Gasteiger partial charge in [-0.2, -0.15) is 5.10 Å². The molecule has 0 atom stereocenters. The second-order valence-corrected chi connectivity index (χ2v) is 4.10. The van der Waals surface area contributed by atoms with Gasteiger partial charge in [0.05, 0.1) is 11.4 Å². The number of aromatic nitrogens is 2. The van der Waals surface area contributed by atoms with Gasteiger partial charge in [-0.3, -0.25) is 9.48 Å². The number of nitrogen functional groups attached to an aromatic ring is 1. The van der Waals surface area contributed by atoms with Crippen LogP contribution < -0.4 is 11.1 Å². The third-order valence-electron chi connectivity index (χ3n) is 2.56. The number of anilines is 2. The number of benzene rings is 1. The molecule has 1 heterocycles. The molecule has 1 amide bonds. The lowest BCUT2D eigenvalue weighted by molar-refractivity contribution is 0.101. The molecule has 100 valence electrons. The van der Waals surface area contributed by atoms with E-state index in [9.17, 15) is 13.6 Å². The number of carbonyl (C=O) groups is 1. The second kappa shape index (κ2) is 4.68. The Balaban J connectivity index is 2.32. The highest BCUT2D eigenvalue weighted by atomic mass is 19.1. The van der Waals surface area contributed by atoms with Gasteiger partial charge < -0.3 is 11.1 Å². The van der Waals surface area contributed by atoms with E-state index in [1.54, 1.807) is 20.0 Å². The average molecular weight is 266 g/mol. The van der Waals surface area contributed by atoms with Crippen LogP contribution in [-0.2, 0) is 7.05 Å². The standard InChI is InChI=1S/C12H12F2N4O/c1-6-3-10(18(2)17-6)12(19)16-11-8(14)4-7(13)5-9(11)15/h3-5H,15H2,1-2H3,(H,16,19). The Morgan fingerprint density at radius 1 is 1.37 bits per heavy atom. The number of amides is 1. The fourth-order valence-corrected chi connectivity index (χ4v) is 1.73. The Labute approximate surface area is 108 Å². The molecule has 0 fully saturated rings. The van der Waals surface area contributed by atoms with Gasteiger partial charge in [-0.05, 0) is 19.1 Å². The summed E-state index contributed by atoms with van der Waals surface area (Å²) in [5.74, 6) is -2.30. The van der Waals surface area contributed by atoms with Crippen molar-refractivity contribution in [2.24, 2.45) is 7.05 Å². The molecule has 5 nitrogen and oxygen atoms in total. The Morgan fingerprint density at radius 3 is 2.58 bits per heavy atom. The molecule has 0 spiro atoms. The lowest BCUT2D eigenvalue weighted by Crippen LogP contribution is -2.18. The van der Waals surface area contributed by atoms with E-state index in [4.69, 9.17) is 5.73 Å². The van der Waals surface area contributed by atoms with Gasteiger partial charge in [0.25, 0.3) is 5.91 Å². The first-order valence-corrected chi connectivity index (χ1v) is 5.45. The zero-order valence-electron chi connectivity index (χ0n) is 10.4. The number of hydrogen-bond acceptors (Lipinski definition) is 3. The maximum absolute atomic E-state index is 13.5. The van der Waals surface area contributed by atoms with Crippen molar-refractivity contribution in [2.45, 2.75) is 6.92 Å². The van der Waals surface area contributed by atoms with Crippen LogP contribution in [0.3, 0.4) is 0 Å². The second-order valence-electron chi connectivity index (χ2n) is 4.10. The Bertz CT molecular complexity index is 628. The normalized spacial score (nSPS) is 10.5. The molecule has 1 aromatic carbocycles. The molecular formula is C12H12F2N4O. The first-order valence-electron chi connectivity index (χ1n) is 5.45. The first-order chi connectivity index (χ1) is 8.88. The van der Waals surface area contributed by atoms with Crippen LogP contribution in [0.25, 0.3) is 0 Å². The molecule has 2 rings (SSSR count). The molecule has 0 aliphatic rings. The molecule has 3 N–H and O–H groups in total. The minimum atomic E-state index is -0.926. The van der Waals surface area contributed by atoms with Gasteiger partial charge in [0.1, 0.15) is 17.2 Å². The fraction of sp³-hybridized carbons (Fsp3) is 0.167. The van der Waals surface area contributed by atoms with Crippen molar-refractivity contribution in [1.29, 1.82) is 0 Å². The highest BCUT2D eigenvalue weighted by molar-refractivity contribution is 6.04. The number of nitrogens with one attached hydrogen (secondary N) is 1. The summed E-state index contributed by atoms with van der Waals surface area (Å²) in [6, 6.07) is 3.14. The number of carbonyl (C=O) groups excluding carboxylic acids is 1. The van der Waals surface area contributed by atoms with Crippen molar-refractivity contribution in [2.75, 3.05) is 11.1 Å². The van der Waals surface area contributed by atoms with Crippen LogP contribution in [0.15, 0.2) is 18.2 Å². The molecule has 0 aliphatic carbocycles. The molecule has 0 radical (unpaired) electrons. The minimum absolute atomic E-state index is 0.176. The monoisotopic (exact) mass is 266 g/mol. The van der Waals surface area contributed by atoms with E-state index < -0.39 is 17.5 Å². The summed E-state index contributed by atoms with van der Waals surface area (Å²) in [6.45, 7) is 1.73. The number of nitrogens with two attached hydrogens (primary N) is 1. The molecular weight excluding hydrogens is 254 g/mol. The molecule has 0 bridgehead atoms. The van der Waals surface area contributed by atoms with E-state index in [1.807, 2.05) is 0 Å². The fourth-order valence-electron chi connectivity index (χ4n) is 1.73. The predicted octanol–water partition coefficient (Wildman–Crippen LogP) is 1.84. The van der Waals surface area contributed by atoms with E-state index in [0.717, 1.165) is 6.07 Å². The highest BCUT2D eigenvalue weighted by Gasteiger charge is 2.16. The lowest BCUT2D eigenvalue weighted by atomic mass is 10.2. The van der Waals surface area contributed by atoms with E-state index in [0.29, 0.717) is 11.8 Å². The van der Waals surface area contributed by atoms with Gasteiger partial charge in [-0.1, -0.05) is 0 Å². The van der Waals surface area contributed by atoms with E-state index in [1.165, 1.54) is 4.68 Å². The van der Waals surface area contributed by atoms with Crippen LogP contribution in [0, 0.1) is 18.6 Å². The quantitative estimate of drug-likeness (QED) is 0.815. The predicted molar refractivity (Wildman–Crippen MR) is 66.7 cm³/mol. The van der Waals surface area contributed by atoms with E-state index >= 15 is 0 Å². The van der Waals surface area contributed by atoms with Gasteiger partial charge in [0.15, 0.2) is 5.82 Å². The zero-order chi connectivity index (χ0) is 14.2. The number of hydrogen-bond donors (Lipinski definition) is 2. The zero-order valence-corrected chi connectivity index (χ0v) is 10.4. The van der Waals surface area contributed by atoms with Gasteiger partial charge in [-0.25, -0.2) is 8.78 Å². The van der Waals surface area contributed by atoms with Crippen LogP contribution >= 0.6 is 0 Å². The minimum Gasteiger partial charge on any atom is -0.397 e. The summed E-state index contributed by atoms with van der Waals surface area (Å²) in [5.41, 5.74) is 5.96. The van der Waals surface area contributed by atoms with Gasteiger partial charge in [0.2, 0.25) is 0 Å². The van der Waals surface area contributed by atoms with Crippen molar-refractivity contribution in [1.82, 2.24) is 9.78 Å². The molecule has 0 saturated carbocycles. The lowest BCUT2D eigenvalue weighted by Gasteiger charge is -2.09. The van der Waals surface area contributed by atoms with Crippen molar-refractivity contribution in [3.8, 4) is 0 Å². The number of aryl methyl sites for hydroxylation is 2. The summed E-state index contributed by atoms with van der Waals surface area (Å²) >= 11 is 0. The SMILES string of the molecule is Cc1cc(C(=O)Nc2c(N)cc(F)cc2F)n(C)n1. The van der Waals surface area contributed by atoms with Crippen molar-refractivity contribution in [3.63, 3.8) is 0 Å².